The van der Waals surface area contributed by atoms with Gasteiger partial charge in [-0.25, -0.2) is 4.39 Å². The number of thioether (sulfide) groups is 1. The van der Waals surface area contributed by atoms with E-state index in [1.54, 1.807) is 19.2 Å². The lowest BCUT2D eigenvalue weighted by Gasteiger charge is -2.20. The molecule has 1 saturated heterocycles. The molecule has 0 spiro atoms. The highest BCUT2D eigenvalue weighted by atomic mass is 32.2. The molecule has 1 saturated carbocycles. The van der Waals surface area contributed by atoms with Gasteiger partial charge < -0.3 is 10.6 Å². The molecule has 120 valence electrons. The molecule has 2 N–H and O–H groups in total. The summed E-state index contributed by atoms with van der Waals surface area (Å²) in [5, 5.41) is 7.48. The van der Waals surface area contributed by atoms with E-state index in [0.29, 0.717) is 5.25 Å². The third-order valence-electron chi connectivity index (χ3n) is 4.64. The summed E-state index contributed by atoms with van der Waals surface area (Å²) in [6, 6.07) is 7.14. The van der Waals surface area contributed by atoms with Crippen LogP contribution in [0.1, 0.15) is 31.2 Å². The molecular weight excluding hydrogens is 297 g/mol. The lowest BCUT2D eigenvalue weighted by Crippen LogP contribution is -2.43. The molecule has 1 atom stereocenters. The van der Waals surface area contributed by atoms with Crippen LogP contribution in [0.3, 0.4) is 0 Å². The fourth-order valence-corrected chi connectivity index (χ4v) is 4.27. The van der Waals surface area contributed by atoms with Gasteiger partial charge in [0.25, 0.3) is 0 Å². The molecule has 3 rings (SSSR count). The van der Waals surface area contributed by atoms with E-state index >= 15 is 0 Å². The number of nitrogens with zero attached hydrogens (tertiary/aromatic N) is 1. The van der Waals surface area contributed by atoms with E-state index in [-0.39, 0.29) is 11.2 Å². The van der Waals surface area contributed by atoms with Crippen LogP contribution in [0.2, 0.25) is 0 Å². The summed E-state index contributed by atoms with van der Waals surface area (Å²) >= 11 is 2.03. The SMILES string of the molecule is CN=C(NCC1CCCS1)NCC1(c2ccccc2F)CC1. The van der Waals surface area contributed by atoms with Crippen molar-refractivity contribution >= 4 is 17.7 Å². The largest absolute Gasteiger partial charge is 0.356 e. The molecule has 3 nitrogen and oxygen atoms in total. The van der Waals surface area contributed by atoms with Gasteiger partial charge in [-0.2, -0.15) is 11.8 Å². The topological polar surface area (TPSA) is 36.4 Å². The number of benzene rings is 1. The number of hydrogen-bond acceptors (Lipinski definition) is 2. The van der Waals surface area contributed by atoms with Gasteiger partial charge in [-0.1, -0.05) is 18.2 Å². The van der Waals surface area contributed by atoms with Crippen molar-refractivity contribution in [3.8, 4) is 0 Å². The summed E-state index contributed by atoms with van der Waals surface area (Å²) < 4.78 is 14.0. The van der Waals surface area contributed by atoms with Crippen molar-refractivity contribution in [1.82, 2.24) is 10.6 Å². The van der Waals surface area contributed by atoms with Gasteiger partial charge in [0.15, 0.2) is 5.96 Å². The lowest BCUT2D eigenvalue weighted by atomic mass is 9.95. The summed E-state index contributed by atoms with van der Waals surface area (Å²) in [5.41, 5.74) is 0.787. The fourth-order valence-electron chi connectivity index (χ4n) is 3.07. The van der Waals surface area contributed by atoms with Crippen LogP contribution in [0.15, 0.2) is 29.3 Å². The van der Waals surface area contributed by atoms with E-state index in [9.17, 15) is 4.39 Å². The quantitative estimate of drug-likeness (QED) is 0.647. The van der Waals surface area contributed by atoms with Crippen molar-refractivity contribution in [3.05, 3.63) is 35.6 Å². The van der Waals surface area contributed by atoms with Crippen molar-refractivity contribution in [2.24, 2.45) is 4.99 Å². The van der Waals surface area contributed by atoms with E-state index in [1.165, 1.54) is 18.6 Å². The van der Waals surface area contributed by atoms with Crippen LogP contribution in [0.5, 0.6) is 0 Å². The van der Waals surface area contributed by atoms with E-state index < -0.39 is 0 Å². The van der Waals surface area contributed by atoms with Gasteiger partial charge in [-0.05, 0) is 43.1 Å². The van der Waals surface area contributed by atoms with Crippen molar-refractivity contribution < 1.29 is 4.39 Å². The zero-order valence-electron chi connectivity index (χ0n) is 13.1. The van der Waals surface area contributed by atoms with Crippen molar-refractivity contribution in [1.29, 1.82) is 0 Å². The van der Waals surface area contributed by atoms with Crippen LogP contribution in [0.25, 0.3) is 0 Å². The van der Waals surface area contributed by atoms with Crippen LogP contribution in [0, 0.1) is 5.82 Å². The van der Waals surface area contributed by atoms with Gasteiger partial charge in [0.2, 0.25) is 0 Å². The molecule has 0 radical (unpaired) electrons. The average molecular weight is 321 g/mol. The molecule has 1 aliphatic carbocycles. The number of halogens is 1. The predicted octanol–water partition coefficient (Wildman–Crippen LogP) is 2.92. The Morgan fingerprint density at radius 3 is 2.82 bits per heavy atom. The minimum absolute atomic E-state index is 0.0505. The van der Waals surface area contributed by atoms with Crippen LogP contribution in [-0.4, -0.2) is 37.1 Å². The first-order valence-electron chi connectivity index (χ1n) is 8.05. The molecule has 1 aliphatic heterocycles. The number of nitrogens with one attached hydrogen (secondary N) is 2. The van der Waals surface area contributed by atoms with E-state index in [2.05, 4.69) is 15.6 Å². The summed E-state index contributed by atoms with van der Waals surface area (Å²) in [5.74, 6) is 2.01. The first-order chi connectivity index (χ1) is 10.7. The molecule has 0 aromatic heterocycles. The third kappa shape index (κ3) is 3.57. The second-order valence-corrected chi connectivity index (χ2v) is 7.61. The zero-order valence-corrected chi connectivity index (χ0v) is 13.9. The average Bonchev–Trinajstić information content (AvgIpc) is 3.13. The summed E-state index contributed by atoms with van der Waals surface area (Å²) in [6.07, 6.45) is 4.68. The maximum atomic E-state index is 14.0. The number of hydrogen-bond donors (Lipinski definition) is 2. The summed E-state index contributed by atoms with van der Waals surface area (Å²) in [4.78, 5) is 4.29. The lowest BCUT2D eigenvalue weighted by molar-refractivity contribution is 0.559. The molecule has 2 aliphatic rings. The Labute approximate surface area is 136 Å². The van der Waals surface area contributed by atoms with Gasteiger partial charge in [0, 0.05) is 30.8 Å². The first-order valence-corrected chi connectivity index (χ1v) is 9.09. The normalized spacial score (nSPS) is 23.4. The molecule has 1 heterocycles. The van der Waals surface area contributed by atoms with Gasteiger partial charge >= 0.3 is 0 Å². The van der Waals surface area contributed by atoms with Crippen molar-refractivity contribution in [2.75, 3.05) is 25.9 Å². The third-order valence-corrected chi connectivity index (χ3v) is 6.04. The standard InChI is InChI=1S/C17H24FN3S/c1-19-16(20-11-13-5-4-10-22-13)21-12-17(8-9-17)14-6-2-3-7-15(14)18/h2-3,6-7,13H,4-5,8-12H2,1H3,(H2,19,20,21). The Morgan fingerprint density at radius 2 is 2.18 bits per heavy atom. The molecule has 2 fully saturated rings. The highest BCUT2D eigenvalue weighted by molar-refractivity contribution is 8.00. The second kappa shape index (κ2) is 6.90. The van der Waals surface area contributed by atoms with Crippen molar-refractivity contribution in [2.45, 2.75) is 36.3 Å². The van der Waals surface area contributed by atoms with Gasteiger partial charge in [-0.3, -0.25) is 4.99 Å². The molecule has 5 heteroatoms. The molecule has 22 heavy (non-hydrogen) atoms. The van der Waals surface area contributed by atoms with E-state index in [1.807, 2.05) is 23.9 Å². The Morgan fingerprint density at radius 1 is 1.36 bits per heavy atom. The Balaban J connectivity index is 1.53. The van der Waals surface area contributed by atoms with E-state index in [4.69, 9.17) is 0 Å². The summed E-state index contributed by atoms with van der Waals surface area (Å²) in [7, 11) is 1.79. The Bertz CT molecular complexity index is 536. The maximum Gasteiger partial charge on any atom is 0.191 e. The molecule has 0 amide bonds. The first kappa shape index (κ1) is 15.7. The predicted molar refractivity (Wildman–Crippen MR) is 92.2 cm³/mol. The maximum absolute atomic E-state index is 14.0. The molecule has 1 unspecified atom stereocenters. The van der Waals surface area contributed by atoms with Gasteiger partial charge in [-0.15, -0.1) is 0 Å². The second-order valence-electron chi connectivity index (χ2n) is 6.20. The highest BCUT2D eigenvalue weighted by Gasteiger charge is 2.45. The highest BCUT2D eigenvalue weighted by Crippen LogP contribution is 2.48. The minimum atomic E-state index is -0.0906. The Kier molecular flexibility index (Phi) is 4.91. The minimum Gasteiger partial charge on any atom is -0.356 e. The fraction of sp³-hybridized carbons (Fsp3) is 0.588. The van der Waals surface area contributed by atoms with E-state index in [0.717, 1.165) is 37.5 Å². The van der Waals surface area contributed by atoms with Crippen LogP contribution in [0.4, 0.5) is 4.39 Å². The molecular formula is C17H24FN3S. The van der Waals surface area contributed by atoms with Gasteiger partial charge in [0.05, 0.1) is 0 Å². The van der Waals surface area contributed by atoms with Crippen molar-refractivity contribution in [3.63, 3.8) is 0 Å². The summed E-state index contributed by atoms with van der Waals surface area (Å²) in [6.45, 7) is 1.70. The number of guanidine groups is 1. The van der Waals surface area contributed by atoms with Crippen LogP contribution in [-0.2, 0) is 5.41 Å². The zero-order chi connectivity index (χ0) is 15.4. The molecule has 1 aromatic carbocycles. The van der Waals surface area contributed by atoms with Crippen LogP contribution < -0.4 is 10.6 Å². The Hall–Kier alpha value is -1.23. The number of aliphatic imine (C=N–C) groups is 1. The smallest absolute Gasteiger partial charge is 0.191 e. The molecule has 1 aromatic rings. The number of rotatable bonds is 5. The molecule has 0 bridgehead atoms. The van der Waals surface area contributed by atoms with Crippen LogP contribution >= 0.6 is 11.8 Å². The van der Waals surface area contributed by atoms with Gasteiger partial charge in [0.1, 0.15) is 5.82 Å². The monoisotopic (exact) mass is 321 g/mol.